The van der Waals surface area contributed by atoms with Crippen molar-refractivity contribution in [1.29, 1.82) is 0 Å². The van der Waals surface area contributed by atoms with Gasteiger partial charge in [0.1, 0.15) is 17.1 Å². The zero-order valence-corrected chi connectivity index (χ0v) is 22.3. The number of hydrogen-bond acceptors (Lipinski definition) is 6. The average Bonchev–Trinajstić information content (AvgIpc) is 2.80. The molecule has 1 aromatic rings. The number of rotatable bonds is 7. The zero-order valence-electron chi connectivity index (χ0n) is 22.3. The largest absolute Gasteiger partial charge is 0.487 e. The monoisotopic (exact) mass is 509 g/mol. The first-order chi connectivity index (χ1) is 17.6. The van der Waals surface area contributed by atoms with Crippen LogP contribution in [0.15, 0.2) is 23.8 Å². The molecule has 6 aliphatic rings. The normalized spacial score (nSPS) is 34.6. The highest BCUT2D eigenvalue weighted by Crippen LogP contribution is 2.62. The van der Waals surface area contributed by atoms with Gasteiger partial charge in [-0.15, -0.1) is 10.1 Å². The summed E-state index contributed by atoms with van der Waals surface area (Å²) in [6.45, 7) is 6.46. The number of esters is 1. The first-order valence-corrected chi connectivity index (χ1v) is 14.1. The zero-order chi connectivity index (χ0) is 25.9. The van der Waals surface area contributed by atoms with Gasteiger partial charge in [0.05, 0.1) is 6.61 Å². The number of fused-ring (bicyclic) bond motifs is 3. The summed E-state index contributed by atoms with van der Waals surface area (Å²) >= 11 is 0. The van der Waals surface area contributed by atoms with Gasteiger partial charge < -0.3 is 14.3 Å². The van der Waals surface area contributed by atoms with Crippen molar-refractivity contribution in [2.45, 2.75) is 102 Å². The van der Waals surface area contributed by atoms with E-state index in [1.807, 2.05) is 0 Å². The number of hydrogen-bond donors (Lipinski definition) is 0. The molecule has 0 radical (unpaired) electrons. The third-order valence-electron chi connectivity index (χ3n) is 10.1. The van der Waals surface area contributed by atoms with Crippen molar-refractivity contribution in [2.75, 3.05) is 6.61 Å². The van der Waals surface area contributed by atoms with Crippen LogP contribution in [-0.2, 0) is 15.0 Å². The summed E-state index contributed by atoms with van der Waals surface area (Å²) in [7, 11) is 0. The van der Waals surface area contributed by atoms with Crippen molar-refractivity contribution < 1.29 is 24.2 Å². The topological polar surface area (TPSA) is 87.9 Å². The SMILES string of the molecule is CC1=CC[C@@H]2[C@@H](C1)c1c(OC(=O)CCCO[N+](=O)[O-])cc(C34CC5CC(CC(C5)C3)C4)cc1OC2(C)C. The molecule has 7 heteroatoms. The Morgan fingerprint density at radius 3 is 2.46 bits per heavy atom. The lowest BCUT2D eigenvalue weighted by molar-refractivity contribution is -0.757. The molecule has 7 rings (SSSR count). The van der Waals surface area contributed by atoms with Gasteiger partial charge in [-0.05, 0) is 119 Å². The highest BCUT2D eigenvalue weighted by Gasteiger charge is 2.53. The summed E-state index contributed by atoms with van der Waals surface area (Å²) in [4.78, 5) is 27.8. The van der Waals surface area contributed by atoms with Crippen molar-refractivity contribution in [3.8, 4) is 11.5 Å². The Morgan fingerprint density at radius 2 is 1.81 bits per heavy atom. The molecule has 0 spiro atoms. The Bertz CT molecular complexity index is 1100. The van der Waals surface area contributed by atoms with Crippen LogP contribution in [0.5, 0.6) is 11.5 Å². The van der Waals surface area contributed by atoms with Gasteiger partial charge in [0.25, 0.3) is 5.09 Å². The van der Waals surface area contributed by atoms with E-state index in [4.69, 9.17) is 9.47 Å². The number of benzene rings is 1. The highest BCUT2D eigenvalue weighted by atomic mass is 16.9. The fourth-order valence-electron chi connectivity index (χ4n) is 8.93. The molecule has 1 aliphatic heterocycles. The third kappa shape index (κ3) is 4.52. The standard InChI is InChI=1S/C30H39NO6/c1-18-6-7-24-23(9-18)28-25(36-27(32)5-4-8-35-31(33)34)13-22(14-26(28)37-29(24,2)3)30-15-19-10-20(16-30)12-21(11-19)17-30/h6,13-14,19-21,23-24H,4-5,7-12,15-17H2,1-3H3/t19?,20?,21?,23-,24-,30?/m1/s1. The van der Waals surface area contributed by atoms with Crippen molar-refractivity contribution in [2.24, 2.45) is 23.7 Å². The Labute approximate surface area is 219 Å². The minimum absolute atomic E-state index is 0.0730. The van der Waals surface area contributed by atoms with Crippen LogP contribution < -0.4 is 9.47 Å². The van der Waals surface area contributed by atoms with E-state index in [0.29, 0.717) is 11.7 Å². The molecule has 1 heterocycles. The van der Waals surface area contributed by atoms with Crippen LogP contribution in [0.3, 0.4) is 0 Å². The molecule has 4 saturated carbocycles. The molecular formula is C30H39NO6. The van der Waals surface area contributed by atoms with Crippen LogP contribution >= 0.6 is 0 Å². The molecule has 0 amide bonds. The van der Waals surface area contributed by atoms with Gasteiger partial charge in [-0.1, -0.05) is 11.6 Å². The number of ether oxygens (including phenoxy) is 2. The van der Waals surface area contributed by atoms with Gasteiger partial charge in [-0.3, -0.25) is 4.79 Å². The molecule has 200 valence electrons. The summed E-state index contributed by atoms with van der Waals surface area (Å²) in [6, 6.07) is 4.47. The van der Waals surface area contributed by atoms with E-state index in [1.54, 1.807) is 0 Å². The minimum Gasteiger partial charge on any atom is -0.487 e. The summed E-state index contributed by atoms with van der Waals surface area (Å²) in [5.74, 6) is 4.11. The molecule has 0 N–H and O–H groups in total. The van der Waals surface area contributed by atoms with Crippen LogP contribution in [0.4, 0.5) is 0 Å². The Hall–Kier alpha value is -2.57. The van der Waals surface area contributed by atoms with Crippen LogP contribution in [0.1, 0.15) is 102 Å². The minimum atomic E-state index is -0.825. The number of nitrogens with zero attached hydrogens (tertiary/aromatic N) is 1. The molecule has 0 saturated heterocycles. The maximum absolute atomic E-state index is 13.0. The van der Waals surface area contributed by atoms with Crippen LogP contribution in [0.2, 0.25) is 0 Å². The van der Waals surface area contributed by atoms with Crippen LogP contribution in [0, 0.1) is 33.8 Å². The second-order valence-corrected chi connectivity index (χ2v) is 13.1. The maximum atomic E-state index is 13.0. The molecule has 0 unspecified atom stereocenters. The molecule has 37 heavy (non-hydrogen) atoms. The van der Waals surface area contributed by atoms with Gasteiger partial charge in [-0.2, -0.15) is 0 Å². The van der Waals surface area contributed by atoms with Crippen molar-refractivity contribution in [3.63, 3.8) is 0 Å². The molecule has 7 nitrogen and oxygen atoms in total. The van der Waals surface area contributed by atoms with Gasteiger partial charge >= 0.3 is 5.97 Å². The first-order valence-electron chi connectivity index (χ1n) is 14.1. The molecule has 5 aliphatic carbocycles. The van der Waals surface area contributed by atoms with Gasteiger partial charge in [0, 0.05) is 23.8 Å². The van der Waals surface area contributed by atoms with Crippen molar-refractivity contribution in [3.05, 3.63) is 45.0 Å². The van der Waals surface area contributed by atoms with E-state index in [-0.39, 0.29) is 42.4 Å². The number of allylic oxidation sites excluding steroid dienone is 2. The van der Waals surface area contributed by atoms with Crippen LogP contribution in [0.25, 0.3) is 0 Å². The molecule has 4 fully saturated rings. The van der Waals surface area contributed by atoms with Crippen LogP contribution in [-0.4, -0.2) is 23.3 Å². The smallest absolute Gasteiger partial charge is 0.311 e. The molecule has 0 aromatic heterocycles. The van der Waals surface area contributed by atoms with E-state index < -0.39 is 5.09 Å². The van der Waals surface area contributed by atoms with E-state index in [9.17, 15) is 14.9 Å². The lowest BCUT2D eigenvalue weighted by atomic mass is 9.48. The second-order valence-electron chi connectivity index (χ2n) is 13.1. The van der Waals surface area contributed by atoms with Crippen molar-refractivity contribution in [1.82, 2.24) is 0 Å². The Morgan fingerprint density at radius 1 is 1.14 bits per heavy atom. The summed E-state index contributed by atoms with van der Waals surface area (Å²) in [5, 5.41) is 9.63. The molecule has 2 atom stereocenters. The van der Waals surface area contributed by atoms with Gasteiger partial charge in [0.2, 0.25) is 0 Å². The van der Waals surface area contributed by atoms with E-state index in [2.05, 4.69) is 43.8 Å². The van der Waals surface area contributed by atoms with E-state index >= 15 is 0 Å². The predicted octanol–water partition coefficient (Wildman–Crippen LogP) is 6.66. The summed E-state index contributed by atoms with van der Waals surface area (Å²) < 4.78 is 12.9. The molecule has 1 aromatic carbocycles. The number of carbonyl (C=O) groups is 1. The van der Waals surface area contributed by atoms with E-state index in [0.717, 1.165) is 41.9 Å². The third-order valence-corrected chi connectivity index (χ3v) is 10.1. The lowest BCUT2D eigenvalue weighted by Gasteiger charge is -2.57. The summed E-state index contributed by atoms with van der Waals surface area (Å²) in [5.41, 5.74) is 3.51. The van der Waals surface area contributed by atoms with Gasteiger partial charge in [-0.25, -0.2) is 0 Å². The Kier molecular flexibility index (Phi) is 6.03. The molecular weight excluding hydrogens is 470 g/mol. The number of carbonyl (C=O) groups excluding carboxylic acids is 1. The molecule has 4 bridgehead atoms. The van der Waals surface area contributed by atoms with Gasteiger partial charge in [0.15, 0.2) is 0 Å². The first kappa shape index (κ1) is 24.7. The quantitative estimate of drug-likeness (QED) is 0.102. The lowest BCUT2D eigenvalue weighted by Crippen LogP contribution is -2.49. The fraction of sp³-hybridized carbons (Fsp3) is 0.700. The predicted molar refractivity (Wildman–Crippen MR) is 138 cm³/mol. The van der Waals surface area contributed by atoms with E-state index in [1.165, 1.54) is 49.7 Å². The second kappa shape index (κ2) is 9.02. The maximum Gasteiger partial charge on any atom is 0.311 e. The summed E-state index contributed by atoms with van der Waals surface area (Å²) in [6.07, 6.45) is 12.3. The van der Waals surface area contributed by atoms with Crippen molar-refractivity contribution >= 4 is 5.97 Å². The highest BCUT2D eigenvalue weighted by molar-refractivity contribution is 5.74. The average molecular weight is 510 g/mol. The fourth-order valence-corrected chi connectivity index (χ4v) is 8.93. The Balaban J connectivity index is 1.37.